The summed E-state index contributed by atoms with van der Waals surface area (Å²) in [5.74, 6) is -3.44. The molecule has 1 N–H and O–H groups in total. The van der Waals surface area contributed by atoms with E-state index < -0.39 is 52.5 Å². The highest BCUT2D eigenvalue weighted by atomic mass is 19.4. The maximum atomic E-state index is 15.1. The van der Waals surface area contributed by atoms with Crippen molar-refractivity contribution >= 4 is 11.6 Å². The Balaban J connectivity index is 2.16. The number of anilines is 1. The van der Waals surface area contributed by atoms with Gasteiger partial charge in [0.2, 0.25) is 0 Å². The predicted molar refractivity (Wildman–Crippen MR) is 118 cm³/mol. The number of hydrogen-bond acceptors (Lipinski definition) is 4. The molecule has 3 aromatic rings. The van der Waals surface area contributed by atoms with E-state index in [0.717, 1.165) is 12.1 Å². The first-order valence-corrected chi connectivity index (χ1v) is 10.5. The minimum atomic E-state index is -4.81. The number of ether oxygens (including phenoxy) is 1. The van der Waals surface area contributed by atoms with E-state index in [2.05, 4.69) is 10.4 Å². The van der Waals surface area contributed by atoms with Crippen molar-refractivity contribution in [3.8, 4) is 11.4 Å². The van der Waals surface area contributed by atoms with E-state index >= 15 is 4.39 Å². The Morgan fingerprint density at radius 2 is 1.74 bits per heavy atom. The van der Waals surface area contributed by atoms with Gasteiger partial charge in [-0.3, -0.25) is 9.36 Å². The van der Waals surface area contributed by atoms with Crippen molar-refractivity contribution in [3.05, 3.63) is 69.4 Å². The van der Waals surface area contributed by atoms with Crippen LogP contribution in [0.3, 0.4) is 0 Å². The molecule has 0 spiro atoms. The zero-order chi connectivity index (χ0) is 26.2. The van der Waals surface area contributed by atoms with E-state index in [1.165, 1.54) is 30.5 Å². The number of hydrogen-bond donors (Lipinski definition) is 1. The van der Waals surface area contributed by atoms with Crippen molar-refractivity contribution in [2.24, 2.45) is 0 Å². The van der Waals surface area contributed by atoms with Crippen LogP contribution in [0.25, 0.3) is 5.69 Å². The highest BCUT2D eigenvalue weighted by molar-refractivity contribution is 6.06. The molecule has 0 saturated heterocycles. The van der Waals surface area contributed by atoms with Crippen LogP contribution >= 0.6 is 0 Å². The van der Waals surface area contributed by atoms with Crippen LogP contribution in [-0.4, -0.2) is 32.5 Å². The lowest BCUT2D eigenvalue weighted by Gasteiger charge is -2.20. The van der Waals surface area contributed by atoms with Crippen LogP contribution in [0.15, 0.2) is 35.1 Å². The molecule has 1 heterocycles. The van der Waals surface area contributed by atoms with E-state index in [4.69, 9.17) is 4.74 Å². The van der Waals surface area contributed by atoms with E-state index in [9.17, 15) is 27.2 Å². The molecule has 1 atom stereocenters. The molecule has 2 aromatic carbocycles. The fourth-order valence-corrected chi connectivity index (χ4v) is 3.44. The SMILES string of the molecule is Cc1cccc(F)c1NC(=O)c1cc(F)c(-n2nc(C)n(C(C)C)c2=O)cc1O[C@@H](C)C(F)(F)F. The Kier molecular flexibility index (Phi) is 7.04. The third-order valence-corrected chi connectivity index (χ3v) is 5.24. The first kappa shape index (κ1) is 25.9. The summed E-state index contributed by atoms with van der Waals surface area (Å²) in [5, 5.41) is 6.24. The van der Waals surface area contributed by atoms with Crippen LogP contribution in [0, 0.1) is 25.5 Å². The largest absolute Gasteiger partial charge is 0.480 e. The molecule has 0 unspecified atom stereocenters. The number of nitrogens with zero attached hydrogens (tertiary/aromatic N) is 3. The van der Waals surface area contributed by atoms with E-state index in [0.29, 0.717) is 23.2 Å². The monoisotopic (exact) mass is 498 g/mol. The quantitative estimate of drug-likeness (QED) is 0.480. The van der Waals surface area contributed by atoms with Gasteiger partial charge in [0, 0.05) is 12.1 Å². The molecule has 188 valence electrons. The molecular weight excluding hydrogens is 475 g/mol. The van der Waals surface area contributed by atoms with Gasteiger partial charge in [-0.25, -0.2) is 13.6 Å². The highest BCUT2D eigenvalue weighted by Crippen LogP contribution is 2.31. The van der Waals surface area contributed by atoms with Gasteiger partial charge in [0.05, 0.1) is 11.3 Å². The number of benzene rings is 2. The molecular formula is C23H23F5N4O3. The second-order valence-corrected chi connectivity index (χ2v) is 8.19. The second kappa shape index (κ2) is 9.51. The van der Waals surface area contributed by atoms with Gasteiger partial charge in [-0.1, -0.05) is 12.1 Å². The van der Waals surface area contributed by atoms with Crippen molar-refractivity contribution in [3.63, 3.8) is 0 Å². The third-order valence-electron chi connectivity index (χ3n) is 5.24. The summed E-state index contributed by atoms with van der Waals surface area (Å²) >= 11 is 0. The summed E-state index contributed by atoms with van der Waals surface area (Å²) < 4.78 is 75.9. The van der Waals surface area contributed by atoms with Gasteiger partial charge in [-0.2, -0.15) is 23.0 Å². The Hall–Kier alpha value is -3.70. The minimum Gasteiger partial charge on any atom is -0.480 e. The Morgan fingerprint density at radius 1 is 1.09 bits per heavy atom. The smallest absolute Gasteiger partial charge is 0.425 e. The lowest BCUT2D eigenvalue weighted by molar-refractivity contribution is -0.189. The summed E-state index contributed by atoms with van der Waals surface area (Å²) in [6.45, 7) is 7.13. The molecule has 0 saturated carbocycles. The maximum absolute atomic E-state index is 15.1. The predicted octanol–water partition coefficient (Wildman–Crippen LogP) is 5.09. The van der Waals surface area contributed by atoms with Crippen molar-refractivity contribution < 1.29 is 31.5 Å². The molecule has 1 amide bonds. The molecule has 0 radical (unpaired) electrons. The number of amides is 1. The molecule has 12 heteroatoms. The number of nitrogens with one attached hydrogen (secondary N) is 1. The maximum Gasteiger partial charge on any atom is 0.425 e. The Labute approximate surface area is 197 Å². The number of carbonyl (C=O) groups excluding carboxylic acids is 1. The van der Waals surface area contributed by atoms with Crippen LogP contribution in [0.4, 0.5) is 27.6 Å². The molecule has 0 aliphatic carbocycles. The van der Waals surface area contributed by atoms with Crippen molar-refractivity contribution in [2.45, 2.75) is 52.9 Å². The molecule has 7 nitrogen and oxygen atoms in total. The Bertz CT molecular complexity index is 1310. The van der Waals surface area contributed by atoms with E-state index in [1.807, 2.05) is 0 Å². The molecule has 0 fully saturated rings. The number of carbonyl (C=O) groups is 1. The molecule has 35 heavy (non-hydrogen) atoms. The molecule has 0 aliphatic rings. The fourth-order valence-electron chi connectivity index (χ4n) is 3.44. The zero-order valence-corrected chi connectivity index (χ0v) is 19.5. The number of aryl methyl sites for hydroxylation is 2. The van der Waals surface area contributed by atoms with Gasteiger partial charge >= 0.3 is 11.9 Å². The second-order valence-electron chi connectivity index (χ2n) is 8.19. The minimum absolute atomic E-state index is 0.223. The third kappa shape index (κ3) is 5.20. The number of aromatic nitrogens is 3. The van der Waals surface area contributed by atoms with Crippen molar-refractivity contribution in [1.82, 2.24) is 14.3 Å². The Morgan fingerprint density at radius 3 is 2.29 bits per heavy atom. The fraction of sp³-hybridized carbons (Fsp3) is 0.348. The van der Waals surface area contributed by atoms with Gasteiger partial charge < -0.3 is 10.1 Å². The van der Waals surface area contributed by atoms with Gasteiger partial charge in [0.25, 0.3) is 5.91 Å². The number of halogens is 5. The van der Waals surface area contributed by atoms with Gasteiger partial charge in [-0.15, -0.1) is 0 Å². The zero-order valence-electron chi connectivity index (χ0n) is 19.5. The summed E-state index contributed by atoms with van der Waals surface area (Å²) in [7, 11) is 0. The number of para-hydroxylation sites is 1. The van der Waals surface area contributed by atoms with Crippen LogP contribution in [-0.2, 0) is 0 Å². The van der Waals surface area contributed by atoms with Crippen molar-refractivity contribution in [1.29, 1.82) is 0 Å². The molecule has 0 aliphatic heterocycles. The molecule has 1 aromatic heterocycles. The summed E-state index contributed by atoms with van der Waals surface area (Å²) in [4.78, 5) is 25.7. The first-order chi connectivity index (χ1) is 16.2. The van der Waals surface area contributed by atoms with Crippen molar-refractivity contribution in [2.75, 3.05) is 5.32 Å². The standard InChI is InChI=1S/C23H23F5N4O3/c1-11(2)31-14(5)30-32(22(31)34)18-10-19(35-13(4)23(26,27)28)15(9-17(18)25)21(33)29-20-12(3)7-6-8-16(20)24/h6-11,13H,1-5H3,(H,29,33)/t13-/m0/s1. The van der Waals surface area contributed by atoms with Gasteiger partial charge in [0.15, 0.2) is 6.10 Å². The summed E-state index contributed by atoms with van der Waals surface area (Å²) in [6.07, 6.45) is -7.19. The highest BCUT2D eigenvalue weighted by Gasteiger charge is 2.39. The normalized spacial score (nSPS) is 12.7. The topological polar surface area (TPSA) is 78.2 Å². The van der Waals surface area contributed by atoms with Crippen LogP contribution in [0.5, 0.6) is 5.75 Å². The lowest BCUT2D eigenvalue weighted by Crippen LogP contribution is -2.32. The van der Waals surface area contributed by atoms with E-state index in [-0.39, 0.29) is 17.6 Å². The molecule has 3 rings (SSSR count). The average molecular weight is 498 g/mol. The van der Waals surface area contributed by atoms with E-state index in [1.54, 1.807) is 13.8 Å². The number of alkyl halides is 3. The number of rotatable bonds is 6. The lowest BCUT2D eigenvalue weighted by atomic mass is 10.1. The summed E-state index contributed by atoms with van der Waals surface area (Å²) in [6, 6.07) is 5.08. The average Bonchev–Trinajstić information content (AvgIpc) is 3.04. The first-order valence-electron chi connectivity index (χ1n) is 10.5. The van der Waals surface area contributed by atoms with Gasteiger partial charge in [0.1, 0.15) is 28.9 Å². The molecule has 0 bridgehead atoms. The van der Waals surface area contributed by atoms with Crippen LogP contribution in [0.2, 0.25) is 0 Å². The summed E-state index contributed by atoms with van der Waals surface area (Å²) in [5.41, 5.74) is -1.76. The van der Waals surface area contributed by atoms with Gasteiger partial charge in [-0.05, 0) is 52.3 Å². The van der Waals surface area contributed by atoms with Crippen LogP contribution in [0.1, 0.15) is 48.6 Å². The van der Waals surface area contributed by atoms with Crippen LogP contribution < -0.4 is 15.7 Å².